The Morgan fingerprint density at radius 2 is 2.07 bits per heavy atom. The molecule has 0 aromatic heterocycles. The first-order valence-corrected chi connectivity index (χ1v) is 4.68. The standard InChI is InChI=1S/C9H12F3NO/c1-13-7(14)8-2-5(3-8)6(8)4-9(10,11)12/h5-6H,2-4H2,1H3,(H,13,14). The van der Waals surface area contributed by atoms with Crippen molar-refractivity contribution in [3.63, 3.8) is 0 Å². The molecule has 3 aliphatic rings. The third-order valence-corrected chi connectivity index (χ3v) is 3.66. The number of alkyl halides is 3. The normalized spacial score (nSPS) is 39.7. The van der Waals surface area contributed by atoms with Crippen LogP contribution in [0.15, 0.2) is 0 Å². The molecule has 0 aromatic carbocycles. The van der Waals surface area contributed by atoms with E-state index in [1.54, 1.807) is 0 Å². The van der Waals surface area contributed by atoms with Gasteiger partial charge in [0.05, 0.1) is 5.41 Å². The Morgan fingerprint density at radius 1 is 1.50 bits per heavy atom. The van der Waals surface area contributed by atoms with Crippen molar-refractivity contribution in [2.75, 3.05) is 7.05 Å². The van der Waals surface area contributed by atoms with Gasteiger partial charge in [-0.2, -0.15) is 13.2 Å². The van der Waals surface area contributed by atoms with E-state index in [2.05, 4.69) is 5.32 Å². The lowest BCUT2D eigenvalue weighted by Crippen LogP contribution is -2.68. The van der Waals surface area contributed by atoms with Gasteiger partial charge in [-0.1, -0.05) is 0 Å². The number of rotatable bonds is 2. The number of carbonyl (C=O) groups is 1. The van der Waals surface area contributed by atoms with Gasteiger partial charge in [0.25, 0.3) is 0 Å². The van der Waals surface area contributed by atoms with Gasteiger partial charge in [0, 0.05) is 13.5 Å². The van der Waals surface area contributed by atoms with Crippen LogP contribution in [-0.4, -0.2) is 19.1 Å². The molecule has 2 nitrogen and oxygen atoms in total. The van der Waals surface area contributed by atoms with E-state index in [0.717, 1.165) is 0 Å². The summed E-state index contributed by atoms with van der Waals surface area (Å²) in [7, 11) is 1.48. The van der Waals surface area contributed by atoms with Crippen molar-refractivity contribution in [2.24, 2.45) is 17.3 Å². The Morgan fingerprint density at radius 3 is 2.36 bits per heavy atom. The number of carbonyl (C=O) groups excluding carboxylic acids is 1. The van der Waals surface area contributed by atoms with Crippen LogP contribution in [0.25, 0.3) is 0 Å². The van der Waals surface area contributed by atoms with Crippen LogP contribution in [0.3, 0.4) is 0 Å². The average Bonchev–Trinajstić information content (AvgIpc) is 1.96. The van der Waals surface area contributed by atoms with E-state index in [9.17, 15) is 18.0 Å². The minimum Gasteiger partial charge on any atom is -0.359 e. The maximum absolute atomic E-state index is 12.1. The molecule has 1 N–H and O–H groups in total. The molecule has 80 valence electrons. The zero-order valence-electron chi connectivity index (χ0n) is 7.82. The Bertz CT molecular complexity index is 268. The van der Waals surface area contributed by atoms with Crippen LogP contribution in [0.1, 0.15) is 19.3 Å². The second kappa shape index (κ2) is 2.64. The molecule has 3 rings (SSSR count). The predicted octanol–water partition coefficient (Wildman–Crippen LogP) is 1.71. The van der Waals surface area contributed by atoms with Gasteiger partial charge < -0.3 is 5.32 Å². The molecule has 0 heterocycles. The van der Waals surface area contributed by atoms with E-state index in [-0.39, 0.29) is 11.8 Å². The van der Waals surface area contributed by atoms with E-state index in [4.69, 9.17) is 0 Å². The molecule has 1 amide bonds. The highest BCUT2D eigenvalue weighted by atomic mass is 19.4. The Hall–Kier alpha value is -0.740. The summed E-state index contributed by atoms with van der Waals surface area (Å²) in [6.07, 6.45) is -3.64. The molecule has 3 saturated carbocycles. The second-order valence-electron chi connectivity index (χ2n) is 4.33. The first-order valence-electron chi connectivity index (χ1n) is 4.68. The average molecular weight is 207 g/mol. The highest BCUT2D eigenvalue weighted by Crippen LogP contribution is 2.71. The van der Waals surface area contributed by atoms with E-state index >= 15 is 0 Å². The summed E-state index contributed by atoms with van der Waals surface area (Å²) in [4.78, 5) is 11.4. The number of hydrogen-bond acceptors (Lipinski definition) is 1. The van der Waals surface area contributed by atoms with Crippen LogP contribution in [-0.2, 0) is 4.79 Å². The minimum absolute atomic E-state index is 0.133. The quantitative estimate of drug-likeness (QED) is 0.733. The third-order valence-electron chi connectivity index (χ3n) is 3.66. The molecule has 0 aliphatic heterocycles. The SMILES string of the molecule is CNC(=O)C12CC(C1)C2CC(F)(F)F. The van der Waals surface area contributed by atoms with Crippen LogP contribution >= 0.6 is 0 Å². The number of nitrogens with one attached hydrogen (secondary N) is 1. The maximum Gasteiger partial charge on any atom is 0.389 e. The molecule has 14 heavy (non-hydrogen) atoms. The molecule has 0 spiro atoms. The molecular formula is C9H12F3NO. The first kappa shape index (κ1) is 9.80. The lowest BCUT2D eigenvalue weighted by molar-refractivity contribution is -0.240. The van der Waals surface area contributed by atoms with Gasteiger partial charge in [0.15, 0.2) is 0 Å². The summed E-state index contributed by atoms with van der Waals surface area (Å²) in [5, 5.41) is 2.45. The van der Waals surface area contributed by atoms with Crippen molar-refractivity contribution in [1.29, 1.82) is 0 Å². The van der Waals surface area contributed by atoms with Crippen molar-refractivity contribution >= 4 is 5.91 Å². The summed E-state index contributed by atoms with van der Waals surface area (Å²) >= 11 is 0. The lowest BCUT2D eigenvalue weighted by Gasteiger charge is -2.67. The van der Waals surface area contributed by atoms with E-state index in [0.29, 0.717) is 12.8 Å². The van der Waals surface area contributed by atoms with Gasteiger partial charge >= 0.3 is 6.18 Å². The molecule has 0 aromatic rings. The highest BCUT2D eigenvalue weighted by Gasteiger charge is 2.70. The summed E-state index contributed by atoms with van der Waals surface area (Å²) in [6.45, 7) is 0. The van der Waals surface area contributed by atoms with E-state index < -0.39 is 23.9 Å². The highest BCUT2D eigenvalue weighted by molar-refractivity contribution is 5.86. The molecule has 1 atom stereocenters. The number of hydrogen-bond donors (Lipinski definition) is 1. The van der Waals surface area contributed by atoms with Crippen LogP contribution in [0.4, 0.5) is 13.2 Å². The van der Waals surface area contributed by atoms with Crippen molar-refractivity contribution in [3.05, 3.63) is 0 Å². The molecule has 3 fully saturated rings. The molecule has 0 radical (unpaired) electrons. The fourth-order valence-corrected chi connectivity index (χ4v) is 2.81. The summed E-state index contributed by atoms with van der Waals surface area (Å²) in [5.41, 5.74) is -0.672. The zero-order valence-corrected chi connectivity index (χ0v) is 7.82. The monoisotopic (exact) mass is 207 g/mol. The van der Waals surface area contributed by atoms with Gasteiger partial charge in [-0.05, 0) is 24.7 Å². The topological polar surface area (TPSA) is 29.1 Å². The van der Waals surface area contributed by atoms with E-state index in [1.807, 2.05) is 0 Å². The van der Waals surface area contributed by atoms with Gasteiger partial charge in [-0.15, -0.1) is 0 Å². The van der Waals surface area contributed by atoms with Gasteiger partial charge in [0.2, 0.25) is 5.91 Å². The lowest BCUT2D eigenvalue weighted by atomic mass is 9.36. The minimum atomic E-state index is -4.14. The van der Waals surface area contributed by atoms with Crippen LogP contribution in [0.5, 0.6) is 0 Å². The second-order valence-corrected chi connectivity index (χ2v) is 4.33. The fourth-order valence-electron chi connectivity index (χ4n) is 2.81. The van der Waals surface area contributed by atoms with E-state index in [1.165, 1.54) is 7.05 Å². The summed E-state index contributed by atoms with van der Waals surface area (Å²) < 4.78 is 36.4. The predicted molar refractivity (Wildman–Crippen MR) is 43.4 cm³/mol. The number of amides is 1. The Kier molecular flexibility index (Phi) is 1.85. The zero-order chi connectivity index (χ0) is 10.6. The largest absolute Gasteiger partial charge is 0.389 e. The van der Waals surface area contributed by atoms with Crippen molar-refractivity contribution in [1.82, 2.24) is 5.32 Å². The van der Waals surface area contributed by atoms with Gasteiger partial charge in [-0.25, -0.2) is 0 Å². The van der Waals surface area contributed by atoms with Gasteiger partial charge in [0.1, 0.15) is 0 Å². The van der Waals surface area contributed by atoms with Crippen molar-refractivity contribution < 1.29 is 18.0 Å². The third kappa shape index (κ3) is 1.14. The molecular weight excluding hydrogens is 195 g/mol. The number of halogens is 3. The maximum atomic E-state index is 12.1. The summed E-state index contributed by atoms with van der Waals surface area (Å²) in [5.74, 6) is -0.536. The smallest absolute Gasteiger partial charge is 0.359 e. The van der Waals surface area contributed by atoms with Crippen LogP contribution in [0.2, 0.25) is 0 Å². The Labute approximate surface area is 79.9 Å². The van der Waals surface area contributed by atoms with Gasteiger partial charge in [-0.3, -0.25) is 4.79 Å². The molecule has 3 aliphatic carbocycles. The van der Waals surface area contributed by atoms with Crippen LogP contribution < -0.4 is 5.32 Å². The van der Waals surface area contributed by atoms with Crippen LogP contribution in [0, 0.1) is 17.3 Å². The fraction of sp³-hybridized carbons (Fsp3) is 0.889. The first-order chi connectivity index (χ1) is 6.39. The molecule has 2 bridgehead atoms. The summed E-state index contributed by atoms with van der Waals surface area (Å²) in [6, 6.07) is 0. The molecule has 1 unspecified atom stereocenters. The van der Waals surface area contributed by atoms with Crippen molar-refractivity contribution in [2.45, 2.75) is 25.4 Å². The molecule has 0 saturated heterocycles. The Balaban J connectivity index is 2.01. The van der Waals surface area contributed by atoms with Crippen molar-refractivity contribution in [3.8, 4) is 0 Å². The molecule has 5 heteroatoms.